The molecule has 1 N–H and O–H groups in total. The Morgan fingerprint density at radius 2 is 2.06 bits per heavy atom. The summed E-state index contributed by atoms with van der Waals surface area (Å²) in [6, 6.07) is 6.38. The Balaban J connectivity index is 1.81. The first-order valence-corrected chi connectivity index (χ1v) is 6.33. The molecule has 0 aliphatic heterocycles. The number of hydrogen-bond donors (Lipinski definition) is 1. The quantitative estimate of drug-likeness (QED) is 0.875. The number of nitrogens with one attached hydrogen (secondary N) is 1. The predicted molar refractivity (Wildman–Crippen MR) is 68.6 cm³/mol. The van der Waals surface area contributed by atoms with Gasteiger partial charge in [0.2, 0.25) is 0 Å². The van der Waals surface area contributed by atoms with Crippen LogP contribution in [-0.4, -0.2) is 24.0 Å². The zero-order valence-corrected chi connectivity index (χ0v) is 10.8. The van der Waals surface area contributed by atoms with Crippen molar-refractivity contribution in [2.45, 2.75) is 32.4 Å². The molecule has 1 unspecified atom stereocenters. The second-order valence-corrected chi connectivity index (χ2v) is 4.97. The summed E-state index contributed by atoms with van der Waals surface area (Å²) in [7, 11) is 1.82. The number of hydrogen-bond acceptors (Lipinski definition) is 1. The highest BCUT2D eigenvalue weighted by Crippen LogP contribution is 2.34. The molecule has 2 rings (SSSR count). The molecule has 2 amide bonds. The van der Waals surface area contributed by atoms with Crippen molar-refractivity contribution in [1.29, 1.82) is 0 Å². The predicted octanol–water partition coefficient (Wildman–Crippen LogP) is 2.77. The lowest BCUT2D eigenvalue weighted by Crippen LogP contribution is -2.42. The van der Waals surface area contributed by atoms with Gasteiger partial charge in [-0.2, -0.15) is 0 Å². The SMILES string of the molecule is CC(C1CC1)N(C)C(=O)NCc1ccc(F)cc1. The zero-order valence-electron chi connectivity index (χ0n) is 10.8. The molecule has 0 spiro atoms. The summed E-state index contributed by atoms with van der Waals surface area (Å²) in [5.74, 6) is 0.399. The highest BCUT2D eigenvalue weighted by Gasteiger charge is 2.32. The number of benzene rings is 1. The Morgan fingerprint density at radius 1 is 1.44 bits per heavy atom. The number of carbonyl (C=O) groups is 1. The molecule has 98 valence electrons. The van der Waals surface area contributed by atoms with Crippen molar-refractivity contribution in [3.05, 3.63) is 35.6 Å². The van der Waals surface area contributed by atoms with E-state index in [9.17, 15) is 9.18 Å². The van der Waals surface area contributed by atoms with Crippen molar-refractivity contribution < 1.29 is 9.18 Å². The van der Waals surface area contributed by atoms with Crippen LogP contribution in [0, 0.1) is 11.7 Å². The minimum atomic E-state index is -0.260. The third kappa shape index (κ3) is 3.22. The second-order valence-electron chi connectivity index (χ2n) is 4.97. The van der Waals surface area contributed by atoms with Crippen molar-refractivity contribution in [3.8, 4) is 0 Å². The lowest BCUT2D eigenvalue weighted by molar-refractivity contribution is 0.187. The number of rotatable bonds is 4. The standard InChI is InChI=1S/C14H19FN2O/c1-10(12-5-6-12)17(2)14(18)16-9-11-3-7-13(15)8-4-11/h3-4,7-8,10,12H,5-6,9H2,1-2H3,(H,16,18). The Kier molecular flexibility index (Phi) is 3.84. The van der Waals surface area contributed by atoms with E-state index in [2.05, 4.69) is 12.2 Å². The van der Waals surface area contributed by atoms with E-state index in [-0.39, 0.29) is 11.8 Å². The average Bonchev–Trinajstić information content (AvgIpc) is 3.20. The van der Waals surface area contributed by atoms with Gasteiger partial charge in [0.05, 0.1) is 0 Å². The van der Waals surface area contributed by atoms with Gasteiger partial charge in [-0.05, 0) is 43.4 Å². The third-order valence-corrected chi connectivity index (χ3v) is 3.59. The average molecular weight is 250 g/mol. The Morgan fingerprint density at radius 3 is 2.61 bits per heavy atom. The summed E-state index contributed by atoms with van der Waals surface area (Å²) < 4.78 is 12.7. The molecular formula is C14H19FN2O. The molecule has 4 heteroatoms. The normalized spacial score (nSPS) is 16.2. The van der Waals surface area contributed by atoms with E-state index in [0.29, 0.717) is 18.5 Å². The zero-order chi connectivity index (χ0) is 13.1. The molecule has 0 radical (unpaired) electrons. The molecule has 1 fully saturated rings. The molecule has 1 aromatic rings. The molecule has 3 nitrogen and oxygen atoms in total. The van der Waals surface area contributed by atoms with Crippen LogP contribution < -0.4 is 5.32 Å². The fraction of sp³-hybridized carbons (Fsp3) is 0.500. The highest BCUT2D eigenvalue weighted by atomic mass is 19.1. The number of halogens is 1. The molecule has 0 aromatic heterocycles. The molecular weight excluding hydrogens is 231 g/mol. The molecule has 0 bridgehead atoms. The summed E-state index contributed by atoms with van der Waals surface area (Å²) in [5.41, 5.74) is 0.900. The maximum atomic E-state index is 12.7. The topological polar surface area (TPSA) is 32.3 Å². The van der Waals surface area contributed by atoms with Crippen molar-refractivity contribution in [2.24, 2.45) is 5.92 Å². The van der Waals surface area contributed by atoms with E-state index in [1.807, 2.05) is 7.05 Å². The van der Waals surface area contributed by atoms with Gasteiger partial charge in [-0.25, -0.2) is 9.18 Å². The maximum absolute atomic E-state index is 12.7. The van der Waals surface area contributed by atoms with E-state index in [0.717, 1.165) is 5.56 Å². The molecule has 18 heavy (non-hydrogen) atoms. The minimum absolute atomic E-state index is 0.0706. The lowest BCUT2D eigenvalue weighted by atomic mass is 10.2. The summed E-state index contributed by atoms with van der Waals surface area (Å²) in [5, 5.41) is 2.85. The van der Waals surface area contributed by atoms with Gasteiger partial charge in [0, 0.05) is 19.6 Å². The highest BCUT2D eigenvalue weighted by molar-refractivity contribution is 5.74. The molecule has 1 atom stereocenters. The van der Waals surface area contributed by atoms with E-state index in [1.165, 1.54) is 25.0 Å². The van der Waals surface area contributed by atoms with Gasteiger partial charge < -0.3 is 10.2 Å². The molecule has 1 aliphatic carbocycles. The van der Waals surface area contributed by atoms with Crippen LogP contribution >= 0.6 is 0 Å². The van der Waals surface area contributed by atoms with Gasteiger partial charge >= 0.3 is 6.03 Å². The van der Waals surface area contributed by atoms with Gasteiger partial charge in [-0.3, -0.25) is 0 Å². The third-order valence-electron chi connectivity index (χ3n) is 3.59. The van der Waals surface area contributed by atoms with E-state index < -0.39 is 0 Å². The van der Waals surface area contributed by atoms with Crippen molar-refractivity contribution in [2.75, 3.05) is 7.05 Å². The van der Waals surface area contributed by atoms with Crippen LogP contribution in [-0.2, 0) is 6.54 Å². The Labute approximate surface area is 107 Å². The van der Waals surface area contributed by atoms with Gasteiger partial charge in [-0.1, -0.05) is 12.1 Å². The molecule has 0 heterocycles. The van der Waals surface area contributed by atoms with Gasteiger partial charge in [0.25, 0.3) is 0 Å². The second kappa shape index (κ2) is 5.38. The van der Waals surface area contributed by atoms with Crippen LogP contribution in [0.4, 0.5) is 9.18 Å². The Bertz CT molecular complexity index is 414. The van der Waals surface area contributed by atoms with Crippen molar-refractivity contribution >= 4 is 6.03 Å². The minimum Gasteiger partial charge on any atom is -0.334 e. The van der Waals surface area contributed by atoms with Gasteiger partial charge in [-0.15, -0.1) is 0 Å². The van der Waals surface area contributed by atoms with E-state index in [1.54, 1.807) is 17.0 Å². The van der Waals surface area contributed by atoms with Crippen molar-refractivity contribution in [3.63, 3.8) is 0 Å². The number of carbonyl (C=O) groups excluding carboxylic acids is 1. The molecule has 1 aromatic carbocycles. The summed E-state index contributed by atoms with van der Waals surface area (Å²) in [6.07, 6.45) is 2.44. The van der Waals surface area contributed by atoms with Crippen LogP contribution in [0.2, 0.25) is 0 Å². The smallest absolute Gasteiger partial charge is 0.317 e. The molecule has 0 saturated heterocycles. The lowest BCUT2D eigenvalue weighted by Gasteiger charge is -2.25. The first-order valence-electron chi connectivity index (χ1n) is 6.33. The Hall–Kier alpha value is -1.58. The fourth-order valence-electron chi connectivity index (χ4n) is 1.98. The van der Waals surface area contributed by atoms with E-state index >= 15 is 0 Å². The number of amides is 2. The van der Waals surface area contributed by atoms with Crippen LogP contribution in [0.15, 0.2) is 24.3 Å². The van der Waals surface area contributed by atoms with Gasteiger partial charge in [0.15, 0.2) is 0 Å². The first kappa shape index (κ1) is 12.9. The fourth-order valence-corrected chi connectivity index (χ4v) is 1.98. The summed E-state index contributed by atoms with van der Waals surface area (Å²) >= 11 is 0. The van der Waals surface area contributed by atoms with E-state index in [4.69, 9.17) is 0 Å². The summed E-state index contributed by atoms with van der Waals surface area (Å²) in [6.45, 7) is 2.51. The van der Waals surface area contributed by atoms with Crippen LogP contribution in [0.25, 0.3) is 0 Å². The molecule has 1 saturated carbocycles. The summed E-state index contributed by atoms with van der Waals surface area (Å²) in [4.78, 5) is 13.6. The number of nitrogens with zero attached hydrogens (tertiary/aromatic N) is 1. The maximum Gasteiger partial charge on any atom is 0.317 e. The van der Waals surface area contributed by atoms with Crippen LogP contribution in [0.5, 0.6) is 0 Å². The monoisotopic (exact) mass is 250 g/mol. The van der Waals surface area contributed by atoms with Gasteiger partial charge in [0.1, 0.15) is 5.82 Å². The first-order chi connectivity index (χ1) is 8.58. The number of urea groups is 1. The molecule has 1 aliphatic rings. The van der Waals surface area contributed by atoms with Crippen molar-refractivity contribution in [1.82, 2.24) is 10.2 Å². The largest absolute Gasteiger partial charge is 0.334 e. The van der Waals surface area contributed by atoms with Crippen LogP contribution in [0.1, 0.15) is 25.3 Å². The van der Waals surface area contributed by atoms with Crippen LogP contribution in [0.3, 0.4) is 0 Å².